The fourth-order valence-corrected chi connectivity index (χ4v) is 2.51. The lowest BCUT2D eigenvalue weighted by molar-refractivity contribution is -0.383. The topological polar surface area (TPSA) is 84.2 Å². The summed E-state index contributed by atoms with van der Waals surface area (Å²) < 4.78 is 26.7. The first kappa shape index (κ1) is 15.1. The number of halogens is 2. The van der Waals surface area contributed by atoms with Crippen molar-refractivity contribution in [2.24, 2.45) is 0 Å². The van der Waals surface area contributed by atoms with Crippen molar-refractivity contribution in [3.8, 4) is 0 Å². The highest BCUT2D eigenvalue weighted by Gasteiger charge is 2.28. The van der Waals surface area contributed by atoms with E-state index in [0.29, 0.717) is 19.2 Å². The summed E-state index contributed by atoms with van der Waals surface area (Å²) >= 11 is 0. The Balaban J connectivity index is 2.01. The molecule has 3 rings (SSSR count). The standard InChI is InChI=1S/C14H13F2N5O2/c15-9-3-4-11(10(16)7-9)19-13-12(21(22)23)14(18-8-17-13)20-5-1-2-6-20/h3-4,7-8H,1-2,5-6H2,(H,17,18,19). The summed E-state index contributed by atoms with van der Waals surface area (Å²) in [5, 5.41) is 14.0. The van der Waals surface area contributed by atoms with Crippen molar-refractivity contribution in [3.05, 3.63) is 46.3 Å². The average Bonchev–Trinajstić information content (AvgIpc) is 3.04. The summed E-state index contributed by atoms with van der Waals surface area (Å²) in [6.45, 7) is 1.34. The third kappa shape index (κ3) is 3.03. The van der Waals surface area contributed by atoms with Gasteiger partial charge in [0.2, 0.25) is 11.6 Å². The van der Waals surface area contributed by atoms with Crippen LogP contribution in [0.3, 0.4) is 0 Å². The van der Waals surface area contributed by atoms with Gasteiger partial charge < -0.3 is 10.2 Å². The van der Waals surface area contributed by atoms with E-state index in [-0.39, 0.29) is 23.0 Å². The second-order valence-corrected chi connectivity index (χ2v) is 5.09. The van der Waals surface area contributed by atoms with Gasteiger partial charge in [0.05, 0.1) is 10.6 Å². The number of hydrogen-bond acceptors (Lipinski definition) is 6. The van der Waals surface area contributed by atoms with Crippen LogP contribution in [0, 0.1) is 21.7 Å². The summed E-state index contributed by atoms with van der Waals surface area (Å²) in [5.41, 5.74) is -0.418. The zero-order valence-corrected chi connectivity index (χ0v) is 12.0. The van der Waals surface area contributed by atoms with Gasteiger partial charge in [0.25, 0.3) is 0 Å². The van der Waals surface area contributed by atoms with Gasteiger partial charge in [-0.1, -0.05) is 0 Å². The maximum atomic E-state index is 13.7. The van der Waals surface area contributed by atoms with E-state index in [1.807, 2.05) is 0 Å². The molecule has 0 saturated carbocycles. The van der Waals surface area contributed by atoms with Gasteiger partial charge in [-0.05, 0) is 25.0 Å². The highest BCUT2D eigenvalue weighted by molar-refractivity contribution is 5.74. The highest BCUT2D eigenvalue weighted by atomic mass is 19.1. The number of rotatable bonds is 4. The molecule has 0 spiro atoms. The van der Waals surface area contributed by atoms with E-state index >= 15 is 0 Å². The second kappa shape index (κ2) is 6.11. The smallest absolute Gasteiger partial charge is 0.351 e. The molecule has 7 nitrogen and oxygen atoms in total. The van der Waals surface area contributed by atoms with Crippen molar-refractivity contribution in [1.29, 1.82) is 0 Å². The summed E-state index contributed by atoms with van der Waals surface area (Å²) in [6.07, 6.45) is 3.04. The molecule has 1 fully saturated rings. The van der Waals surface area contributed by atoms with Crippen molar-refractivity contribution < 1.29 is 13.7 Å². The van der Waals surface area contributed by atoms with Gasteiger partial charge in [-0.2, -0.15) is 0 Å². The molecule has 1 saturated heterocycles. The van der Waals surface area contributed by atoms with E-state index in [1.165, 1.54) is 6.33 Å². The zero-order chi connectivity index (χ0) is 16.4. The predicted molar refractivity (Wildman–Crippen MR) is 79.8 cm³/mol. The number of benzene rings is 1. The fraction of sp³-hybridized carbons (Fsp3) is 0.286. The molecule has 1 aliphatic heterocycles. The van der Waals surface area contributed by atoms with Gasteiger partial charge >= 0.3 is 5.69 Å². The minimum atomic E-state index is -0.861. The third-order valence-corrected chi connectivity index (χ3v) is 3.58. The lowest BCUT2D eigenvalue weighted by Crippen LogP contribution is -2.21. The Hall–Kier alpha value is -2.84. The second-order valence-electron chi connectivity index (χ2n) is 5.09. The van der Waals surface area contributed by atoms with Crippen LogP contribution >= 0.6 is 0 Å². The van der Waals surface area contributed by atoms with Crippen molar-refractivity contribution >= 4 is 23.0 Å². The van der Waals surface area contributed by atoms with E-state index in [9.17, 15) is 18.9 Å². The van der Waals surface area contributed by atoms with E-state index < -0.39 is 16.6 Å². The predicted octanol–water partition coefficient (Wildman–Crippen LogP) is 3.01. The molecule has 1 N–H and O–H groups in total. The highest BCUT2D eigenvalue weighted by Crippen LogP contribution is 2.35. The molecule has 23 heavy (non-hydrogen) atoms. The van der Waals surface area contributed by atoms with E-state index in [2.05, 4.69) is 15.3 Å². The number of hydrogen-bond donors (Lipinski definition) is 1. The monoisotopic (exact) mass is 321 g/mol. The SMILES string of the molecule is O=[N+]([O-])c1c(Nc2ccc(F)cc2F)ncnc1N1CCCC1. The molecule has 120 valence electrons. The van der Waals surface area contributed by atoms with Crippen LogP contribution in [0.25, 0.3) is 0 Å². The fourth-order valence-electron chi connectivity index (χ4n) is 2.51. The molecule has 9 heteroatoms. The molecule has 0 atom stereocenters. The van der Waals surface area contributed by atoms with Gasteiger partial charge in [-0.3, -0.25) is 10.1 Å². The van der Waals surface area contributed by atoms with Gasteiger partial charge in [0.1, 0.15) is 18.0 Å². The molecule has 2 heterocycles. The minimum Gasteiger partial charge on any atom is -0.351 e. The van der Waals surface area contributed by atoms with Crippen molar-refractivity contribution in [1.82, 2.24) is 9.97 Å². The number of anilines is 3. The third-order valence-electron chi connectivity index (χ3n) is 3.58. The Labute approximate surface area is 130 Å². The van der Waals surface area contributed by atoms with Crippen LogP contribution in [-0.2, 0) is 0 Å². The summed E-state index contributed by atoms with van der Waals surface area (Å²) in [4.78, 5) is 20.5. The van der Waals surface area contributed by atoms with Gasteiger partial charge in [0.15, 0.2) is 0 Å². The summed E-state index contributed by atoms with van der Waals surface area (Å²) in [7, 11) is 0. The molecular weight excluding hydrogens is 308 g/mol. The first-order valence-corrected chi connectivity index (χ1v) is 7.02. The molecule has 0 bridgehead atoms. The Morgan fingerprint density at radius 3 is 2.61 bits per heavy atom. The largest absolute Gasteiger partial charge is 0.353 e. The molecular formula is C14H13F2N5O2. The van der Waals surface area contributed by atoms with Crippen LogP contribution in [0.1, 0.15) is 12.8 Å². The molecule has 2 aromatic rings. The molecule has 1 aromatic heterocycles. The molecule has 0 unspecified atom stereocenters. The lowest BCUT2D eigenvalue weighted by atomic mass is 10.3. The zero-order valence-electron chi connectivity index (χ0n) is 12.0. The summed E-state index contributed by atoms with van der Waals surface area (Å²) in [5.74, 6) is -1.52. The number of aromatic nitrogens is 2. The summed E-state index contributed by atoms with van der Waals surface area (Å²) in [6, 6.07) is 2.91. The molecule has 0 amide bonds. The first-order chi connectivity index (χ1) is 11.1. The molecule has 1 aromatic carbocycles. The van der Waals surface area contributed by atoms with Crippen LogP contribution < -0.4 is 10.2 Å². The van der Waals surface area contributed by atoms with Gasteiger partial charge in [-0.25, -0.2) is 18.7 Å². The first-order valence-electron chi connectivity index (χ1n) is 7.02. The molecule has 0 radical (unpaired) electrons. The number of nitrogens with one attached hydrogen (secondary N) is 1. The van der Waals surface area contributed by atoms with Gasteiger partial charge in [0, 0.05) is 19.2 Å². The number of nitrogens with zero attached hydrogens (tertiary/aromatic N) is 4. The van der Waals surface area contributed by atoms with E-state index in [1.54, 1.807) is 4.90 Å². The van der Waals surface area contributed by atoms with Crippen molar-refractivity contribution in [2.75, 3.05) is 23.3 Å². The van der Waals surface area contributed by atoms with Gasteiger partial charge in [-0.15, -0.1) is 0 Å². The van der Waals surface area contributed by atoms with Crippen molar-refractivity contribution in [3.63, 3.8) is 0 Å². The Morgan fingerprint density at radius 1 is 1.22 bits per heavy atom. The van der Waals surface area contributed by atoms with Crippen molar-refractivity contribution in [2.45, 2.75) is 12.8 Å². The Bertz CT molecular complexity index is 750. The minimum absolute atomic E-state index is 0.0967. The Kier molecular flexibility index (Phi) is 4.00. The van der Waals surface area contributed by atoms with Crippen LogP contribution in [0.15, 0.2) is 24.5 Å². The Morgan fingerprint density at radius 2 is 1.96 bits per heavy atom. The lowest BCUT2D eigenvalue weighted by Gasteiger charge is -2.17. The normalized spacial score (nSPS) is 14.1. The van der Waals surface area contributed by atoms with Crippen LogP contribution in [0.4, 0.5) is 31.8 Å². The maximum absolute atomic E-state index is 13.7. The van der Waals surface area contributed by atoms with Crippen LogP contribution in [-0.4, -0.2) is 28.0 Å². The van der Waals surface area contributed by atoms with Crippen LogP contribution in [0.5, 0.6) is 0 Å². The van der Waals surface area contributed by atoms with E-state index in [0.717, 1.165) is 25.0 Å². The average molecular weight is 321 g/mol. The maximum Gasteiger partial charge on any atom is 0.353 e. The molecule has 0 aliphatic carbocycles. The molecule has 1 aliphatic rings. The number of nitro groups is 1. The van der Waals surface area contributed by atoms with E-state index in [4.69, 9.17) is 0 Å². The van der Waals surface area contributed by atoms with Crippen LogP contribution in [0.2, 0.25) is 0 Å². The quantitative estimate of drug-likeness (QED) is 0.688.